The smallest absolute Gasteiger partial charge is 0.462 e. The number of unbranched alkanes of at least 4 members (excludes halogenated alkanes) is 51. The highest BCUT2D eigenvalue weighted by Gasteiger charge is 2.30. The van der Waals surface area contributed by atoms with Gasteiger partial charge >= 0.3 is 39.5 Å². The molecule has 0 aliphatic carbocycles. The van der Waals surface area contributed by atoms with Gasteiger partial charge in [0.1, 0.15) is 19.3 Å². The van der Waals surface area contributed by atoms with Crippen LogP contribution >= 0.6 is 15.6 Å². The number of phosphoric acid groups is 2. The lowest BCUT2D eigenvalue weighted by molar-refractivity contribution is -0.161. The standard InChI is InChI=1S/C86H168O17P2/c1-8-10-11-12-13-14-15-16-17-18-19-20-21-26-29-32-40-48-55-62-69-85(90)102-81(73-96-83(88)67-60-53-46-39-31-28-25-23-22-24-27-30-36-43-50-57-64-77(3)4)75-100-104(92,93)98-71-80(87)72-99-105(94,95)101-76-82(74-97-84(89)68-61-54-47-42-35-37-44-51-58-65-78(5)6)103-86(91)70-63-56-49-41-34-33-38-45-52-59-66-79(7)9-2/h77-82,87H,8-76H2,1-7H3,(H,92,93)(H,94,95)/t79?,80-,81-,82-/m1/s1. The molecule has 0 saturated heterocycles. The highest BCUT2D eigenvalue weighted by atomic mass is 31.2. The van der Waals surface area contributed by atoms with Crippen LogP contribution in [0.1, 0.15) is 453 Å². The maximum absolute atomic E-state index is 13.2. The molecule has 0 aromatic carbocycles. The molecule has 0 fully saturated rings. The molecule has 0 aliphatic heterocycles. The Balaban J connectivity index is 5.25. The van der Waals surface area contributed by atoms with Crippen LogP contribution in [0.3, 0.4) is 0 Å². The Morgan fingerprint density at radius 2 is 0.486 bits per heavy atom. The van der Waals surface area contributed by atoms with Crippen LogP contribution in [0.25, 0.3) is 0 Å². The molecule has 19 heteroatoms. The quantitative estimate of drug-likeness (QED) is 0.0222. The molecule has 0 radical (unpaired) electrons. The second kappa shape index (κ2) is 76.1. The van der Waals surface area contributed by atoms with Crippen molar-refractivity contribution in [3.63, 3.8) is 0 Å². The first kappa shape index (κ1) is 103. The fourth-order valence-electron chi connectivity index (χ4n) is 13.3. The molecule has 0 heterocycles. The van der Waals surface area contributed by atoms with Crippen LogP contribution in [-0.2, 0) is 65.4 Å². The van der Waals surface area contributed by atoms with Crippen molar-refractivity contribution in [2.45, 2.75) is 471 Å². The van der Waals surface area contributed by atoms with E-state index in [2.05, 4.69) is 48.5 Å². The van der Waals surface area contributed by atoms with Gasteiger partial charge in [-0.3, -0.25) is 37.3 Å². The molecule has 3 unspecified atom stereocenters. The SMILES string of the molecule is CCCCCCCCCCCCCCCCCCCCCCC(=O)O[C@H](COC(=O)CCCCCCCCCCCCCCCCCCC(C)C)COP(=O)(O)OC[C@@H](O)COP(=O)(O)OC[C@@H](COC(=O)CCCCCCCCCCCC(C)C)OC(=O)CCCCCCCCCCCCC(C)CC. The maximum Gasteiger partial charge on any atom is 0.472 e. The van der Waals surface area contributed by atoms with Crippen LogP contribution in [0.5, 0.6) is 0 Å². The van der Waals surface area contributed by atoms with E-state index < -0.39 is 97.5 Å². The van der Waals surface area contributed by atoms with Gasteiger partial charge < -0.3 is 33.8 Å². The van der Waals surface area contributed by atoms with Crippen LogP contribution in [0.4, 0.5) is 0 Å². The number of hydrogen-bond donors (Lipinski definition) is 3. The molecule has 6 atom stereocenters. The van der Waals surface area contributed by atoms with Gasteiger partial charge in [0.2, 0.25) is 0 Å². The van der Waals surface area contributed by atoms with Gasteiger partial charge in [0, 0.05) is 25.7 Å². The molecule has 105 heavy (non-hydrogen) atoms. The zero-order valence-electron chi connectivity index (χ0n) is 69.2. The number of ether oxygens (including phenoxy) is 4. The van der Waals surface area contributed by atoms with E-state index in [9.17, 15) is 43.2 Å². The summed E-state index contributed by atoms with van der Waals surface area (Å²) in [7, 11) is -9.93. The van der Waals surface area contributed by atoms with E-state index in [0.29, 0.717) is 25.7 Å². The predicted molar refractivity (Wildman–Crippen MR) is 432 cm³/mol. The van der Waals surface area contributed by atoms with Gasteiger partial charge in [-0.15, -0.1) is 0 Å². The minimum absolute atomic E-state index is 0.106. The second-order valence-electron chi connectivity index (χ2n) is 32.1. The third kappa shape index (κ3) is 78.5. The van der Waals surface area contributed by atoms with Crippen molar-refractivity contribution < 1.29 is 80.2 Å². The Morgan fingerprint density at radius 1 is 0.276 bits per heavy atom. The van der Waals surface area contributed by atoms with Crippen molar-refractivity contribution in [1.82, 2.24) is 0 Å². The fraction of sp³-hybridized carbons (Fsp3) is 0.953. The third-order valence-corrected chi connectivity index (χ3v) is 22.4. The molecule has 0 aliphatic rings. The lowest BCUT2D eigenvalue weighted by Crippen LogP contribution is -2.30. The van der Waals surface area contributed by atoms with Crippen molar-refractivity contribution in [3.05, 3.63) is 0 Å². The molecule has 0 amide bonds. The topological polar surface area (TPSA) is 237 Å². The Kier molecular flexibility index (Phi) is 74.7. The van der Waals surface area contributed by atoms with Crippen LogP contribution < -0.4 is 0 Å². The largest absolute Gasteiger partial charge is 0.472 e. The first-order valence-corrected chi connectivity index (χ1v) is 47.4. The molecular weight excluding hydrogens is 1370 g/mol. The number of phosphoric ester groups is 2. The molecule has 0 aromatic heterocycles. The van der Waals surface area contributed by atoms with Crippen molar-refractivity contribution >= 4 is 39.5 Å². The van der Waals surface area contributed by atoms with Gasteiger partial charge in [0.05, 0.1) is 26.4 Å². The molecule has 624 valence electrons. The Hall–Kier alpha value is -1.94. The maximum atomic E-state index is 13.2. The second-order valence-corrected chi connectivity index (χ2v) is 35.0. The van der Waals surface area contributed by atoms with Crippen LogP contribution in [0.15, 0.2) is 0 Å². The molecule has 0 aromatic rings. The lowest BCUT2D eigenvalue weighted by Gasteiger charge is -2.21. The number of aliphatic hydroxyl groups is 1. The first-order chi connectivity index (χ1) is 50.8. The summed E-state index contributed by atoms with van der Waals surface area (Å²) in [5, 5.41) is 10.7. The van der Waals surface area contributed by atoms with Gasteiger partial charge in [0.15, 0.2) is 12.2 Å². The summed E-state index contributed by atoms with van der Waals surface area (Å²) in [4.78, 5) is 73.2. The average Bonchev–Trinajstić information content (AvgIpc) is 0.919. The van der Waals surface area contributed by atoms with Gasteiger partial charge in [-0.2, -0.15) is 0 Å². The summed E-state index contributed by atoms with van der Waals surface area (Å²) in [6, 6.07) is 0. The molecule has 0 spiro atoms. The van der Waals surface area contributed by atoms with Crippen LogP contribution in [0, 0.1) is 17.8 Å². The van der Waals surface area contributed by atoms with Crippen molar-refractivity contribution in [2.75, 3.05) is 39.6 Å². The number of carbonyl (C=O) groups is 4. The molecule has 0 saturated carbocycles. The van der Waals surface area contributed by atoms with Gasteiger partial charge in [-0.05, 0) is 43.4 Å². The summed E-state index contributed by atoms with van der Waals surface area (Å²) >= 11 is 0. The highest BCUT2D eigenvalue weighted by molar-refractivity contribution is 7.47. The van der Waals surface area contributed by atoms with Gasteiger partial charge in [-0.25, -0.2) is 9.13 Å². The van der Waals surface area contributed by atoms with E-state index in [-0.39, 0.29) is 25.7 Å². The summed E-state index contributed by atoms with van der Waals surface area (Å²) < 4.78 is 68.9. The van der Waals surface area contributed by atoms with Gasteiger partial charge in [0.25, 0.3) is 0 Å². The van der Waals surface area contributed by atoms with Crippen molar-refractivity contribution in [1.29, 1.82) is 0 Å². The van der Waals surface area contributed by atoms with Crippen molar-refractivity contribution in [3.8, 4) is 0 Å². The molecule has 0 bridgehead atoms. The normalized spacial score (nSPS) is 14.1. The highest BCUT2D eigenvalue weighted by Crippen LogP contribution is 2.45. The fourth-order valence-corrected chi connectivity index (χ4v) is 14.9. The minimum atomic E-state index is -4.97. The van der Waals surface area contributed by atoms with E-state index in [1.807, 2.05) is 0 Å². The van der Waals surface area contributed by atoms with E-state index >= 15 is 0 Å². The molecule has 3 N–H and O–H groups in total. The van der Waals surface area contributed by atoms with Crippen LogP contribution in [-0.4, -0.2) is 96.7 Å². The van der Waals surface area contributed by atoms with E-state index in [0.717, 1.165) is 108 Å². The zero-order chi connectivity index (χ0) is 77.2. The van der Waals surface area contributed by atoms with E-state index in [1.54, 1.807) is 0 Å². The summed E-state index contributed by atoms with van der Waals surface area (Å²) in [6.07, 6.45) is 66.6. The molecular formula is C86H168O17P2. The summed E-state index contributed by atoms with van der Waals surface area (Å²) in [6.45, 7) is 12.0. The number of hydrogen-bond acceptors (Lipinski definition) is 15. The third-order valence-electron chi connectivity index (χ3n) is 20.5. The van der Waals surface area contributed by atoms with E-state index in [4.69, 9.17) is 37.0 Å². The Bertz CT molecular complexity index is 2030. The summed E-state index contributed by atoms with van der Waals surface area (Å²) in [5.74, 6) is 0.254. The van der Waals surface area contributed by atoms with Gasteiger partial charge in [-0.1, -0.05) is 402 Å². The zero-order valence-corrected chi connectivity index (χ0v) is 71.0. The number of rotatable bonds is 84. The Morgan fingerprint density at radius 3 is 0.724 bits per heavy atom. The summed E-state index contributed by atoms with van der Waals surface area (Å²) in [5.41, 5.74) is 0. The average molecular weight is 1540 g/mol. The Labute approximate surface area is 645 Å². The minimum Gasteiger partial charge on any atom is -0.462 e. The molecule has 0 rings (SSSR count). The first-order valence-electron chi connectivity index (χ1n) is 44.4. The van der Waals surface area contributed by atoms with Crippen LogP contribution in [0.2, 0.25) is 0 Å². The lowest BCUT2D eigenvalue weighted by atomic mass is 9.99. The van der Waals surface area contributed by atoms with Crippen molar-refractivity contribution in [2.24, 2.45) is 17.8 Å². The number of esters is 4. The predicted octanol–water partition coefficient (Wildman–Crippen LogP) is 26.1. The number of aliphatic hydroxyl groups excluding tert-OH is 1. The number of carbonyl (C=O) groups excluding carboxylic acids is 4. The van der Waals surface area contributed by atoms with E-state index in [1.165, 1.54) is 263 Å². The molecule has 17 nitrogen and oxygen atoms in total. The monoisotopic (exact) mass is 1540 g/mol.